The Bertz CT molecular complexity index is 2500. The second-order valence-corrected chi connectivity index (χ2v) is 24.5. The average molecular weight is 1190 g/mol. The summed E-state index contributed by atoms with van der Waals surface area (Å²) in [7, 11) is -16.4. The molecule has 3 heterocycles. The molecule has 444 valence electrons. The summed E-state index contributed by atoms with van der Waals surface area (Å²) in [6, 6.07) is 0. The number of ether oxygens (including phenoxy) is 1. The first-order chi connectivity index (χ1) is 37.6. The highest BCUT2D eigenvalue weighted by Gasteiger charge is 2.50. The Hall–Kier alpha value is -4.00. The Balaban J connectivity index is 1.19. The van der Waals surface area contributed by atoms with Crippen molar-refractivity contribution >= 4 is 69.1 Å². The quantitative estimate of drug-likeness (QED) is 0.0172. The monoisotopic (exact) mass is 1190 g/mol. The zero-order valence-corrected chi connectivity index (χ0v) is 48.8. The highest BCUT2D eigenvalue weighted by Crippen LogP contribution is 2.61. The first kappa shape index (κ1) is 69.3. The topological polar surface area (TPSA) is 364 Å². The summed E-state index contributed by atoms with van der Waals surface area (Å²) < 4.78 is 62.6. The smallest absolute Gasteiger partial charge is 0.386 e. The van der Waals surface area contributed by atoms with E-state index in [1.54, 1.807) is 0 Å². The number of imidazole rings is 1. The van der Waals surface area contributed by atoms with Crippen molar-refractivity contribution in [3.05, 3.63) is 85.6 Å². The standard InChI is InChI=1S/C51H82N7O17P3S/c1-4-5-6-7-8-9-10-11-12-13-14-15-16-17-18-19-20-21-22-23-24-25-26-27-28-29-30-31-42(60)79-35-34-53-41(59)32-33-54-49(63)46(62)51(2,3)37-72-78(69,70)75-77(67,68)71-36-40-45(74-76(64,65)66)44(61)50(73-40)58-39-57-43-47(52)55-38-56-48(43)58/h5-6,8-9,11-12,14-15,17-18,20-21,38-40,44-46,50,61-62H,4,7,10,13,16,19,22-37H2,1-3H3,(H,53,59)(H,54,63)(H,67,68)(H,69,70)(H2,52,55,56)(H2,64,65,66)/b6-5-,9-8-,12-11-,15-14-,18-17-,21-20-/t40-,44-,45-,46+,50-/m1/s1. The highest BCUT2D eigenvalue weighted by molar-refractivity contribution is 8.13. The van der Waals surface area contributed by atoms with Crippen molar-refractivity contribution in [3.8, 4) is 0 Å². The van der Waals surface area contributed by atoms with Gasteiger partial charge in [-0.25, -0.2) is 28.6 Å². The number of carbonyl (C=O) groups is 3. The van der Waals surface area contributed by atoms with Gasteiger partial charge in [0.15, 0.2) is 22.8 Å². The van der Waals surface area contributed by atoms with Crippen molar-refractivity contribution < 1.29 is 80.5 Å². The van der Waals surface area contributed by atoms with Crippen molar-refractivity contribution in [2.75, 3.05) is 37.8 Å². The van der Waals surface area contributed by atoms with E-state index in [1.807, 2.05) is 0 Å². The number of anilines is 1. The summed E-state index contributed by atoms with van der Waals surface area (Å²) in [5.41, 5.74) is 4.29. The molecule has 24 nitrogen and oxygen atoms in total. The van der Waals surface area contributed by atoms with Crippen LogP contribution in [-0.2, 0) is 50.7 Å². The largest absolute Gasteiger partial charge is 0.481 e. The molecular weight excluding hydrogens is 1110 g/mol. The molecule has 2 unspecified atom stereocenters. The van der Waals surface area contributed by atoms with E-state index in [0.717, 1.165) is 99.6 Å². The molecule has 0 bridgehead atoms. The normalized spacial score (nSPS) is 19.5. The fraction of sp³-hybridized carbons (Fsp3) is 0.608. The number of carbonyl (C=O) groups excluding carboxylic acids is 3. The molecule has 0 radical (unpaired) electrons. The van der Waals surface area contributed by atoms with E-state index in [0.29, 0.717) is 12.2 Å². The Morgan fingerprint density at radius 3 is 1.92 bits per heavy atom. The number of nitrogens with one attached hydrogen (secondary N) is 2. The molecule has 2 aromatic rings. The van der Waals surface area contributed by atoms with E-state index < -0.39 is 84.6 Å². The summed E-state index contributed by atoms with van der Waals surface area (Å²) in [6.45, 7) is 2.69. The maximum absolute atomic E-state index is 12.8. The van der Waals surface area contributed by atoms with Crippen LogP contribution in [0.4, 0.5) is 5.82 Å². The molecule has 0 aromatic carbocycles. The number of thioether (sulfide) groups is 1. The number of unbranched alkanes of at least 4 members (excludes halogenated alkanes) is 8. The van der Waals surface area contributed by atoms with Crippen LogP contribution in [0.15, 0.2) is 85.6 Å². The molecule has 3 rings (SSSR count). The maximum Gasteiger partial charge on any atom is 0.481 e. The van der Waals surface area contributed by atoms with Gasteiger partial charge in [0.1, 0.15) is 36.3 Å². The first-order valence-corrected chi connectivity index (χ1v) is 32.0. The van der Waals surface area contributed by atoms with E-state index in [4.69, 9.17) is 19.5 Å². The number of hydrogen-bond acceptors (Lipinski definition) is 18. The molecule has 1 saturated heterocycles. The van der Waals surface area contributed by atoms with E-state index in [1.165, 1.54) is 39.5 Å². The third-order valence-electron chi connectivity index (χ3n) is 11.9. The average Bonchev–Trinajstić information content (AvgIpc) is 4.12. The summed E-state index contributed by atoms with van der Waals surface area (Å²) in [5, 5.41) is 26.7. The zero-order valence-electron chi connectivity index (χ0n) is 45.3. The third kappa shape index (κ3) is 29.0. The van der Waals surface area contributed by atoms with Crippen LogP contribution in [0.3, 0.4) is 0 Å². The number of nitrogen functional groups attached to an aromatic ring is 1. The zero-order chi connectivity index (χ0) is 58.2. The molecule has 28 heteroatoms. The summed E-state index contributed by atoms with van der Waals surface area (Å²) in [6.07, 6.45) is 36.0. The molecule has 1 fully saturated rings. The van der Waals surface area contributed by atoms with Crippen molar-refractivity contribution in [1.82, 2.24) is 30.2 Å². The number of aliphatic hydroxyl groups is 2. The van der Waals surface area contributed by atoms with E-state index in [2.05, 4.69) is 114 Å². The van der Waals surface area contributed by atoms with Gasteiger partial charge in [-0.05, 0) is 57.8 Å². The van der Waals surface area contributed by atoms with Gasteiger partial charge in [-0.2, -0.15) is 4.31 Å². The van der Waals surface area contributed by atoms with Crippen LogP contribution in [0.25, 0.3) is 11.2 Å². The molecule has 2 amide bonds. The van der Waals surface area contributed by atoms with Crippen LogP contribution in [0.2, 0.25) is 0 Å². The summed E-state index contributed by atoms with van der Waals surface area (Å²) in [5.74, 6) is -1.05. The second-order valence-electron chi connectivity index (χ2n) is 19.1. The Kier molecular flexibility index (Phi) is 32.6. The second kappa shape index (κ2) is 37.2. The lowest BCUT2D eigenvalue weighted by atomic mass is 9.87. The van der Waals surface area contributed by atoms with Gasteiger partial charge in [0.2, 0.25) is 11.8 Å². The minimum absolute atomic E-state index is 0.0316. The van der Waals surface area contributed by atoms with Crippen LogP contribution < -0.4 is 16.4 Å². The molecule has 1 aliphatic rings. The maximum atomic E-state index is 12.8. The Morgan fingerprint density at radius 1 is 0.772 bits per heavy atom. The minimum Gasteiger partial charge on any atom is -0.386 e. The number of aromatic nitrogens is 4. The van der Waals surface area contributed by atoms with Gasteiger partial charge in [0, 0.05) is 37.1 Å². The number of phosphoric ester groups is 3. The van der Waals surface area contributed by atoms with Crippen molar-refractivity contribution in [2.45, 2.75) is 161 Å². The van der Waals surface area contributed by atoms with Gasteiger partial charge in [-0.1, -0.05) is 144 Å². The first-order valence-electron chi connectivity index (χ1n) is 26.5. The van der Waals surface area contributed by atoms with Gasteiger partial charge in [0.05, 0.1) is 19.5 Å². The summed E-state index contributed by atoms with van der Waals surface area (Å²) in [4.78, 5) is 88.7. The lowest BCUT2D eigenvalue weighted by Gasteiger charge is -2.30. The number of phosphoric acid groups is 3. The number of fused-ring (bicyclic) bond motifs is 1. The van der Waals surface area contributed by atoms with Crippen LogP contribution in [0.5, 0.6) is 0 Å². The van der Waals surface area contributed by atoms with Crippen LogP contribution in [0.1, 0.15) is 136 Å². The molecule has 7 atom stereocenters. The van der Waals surface area contributed by atoms with Gasteiger partial charge in [-0.3, -0.25) is 32.5 Å². The van der Waals surface area contributed by atoms with Gasteiger partial charge >= 0.3 is 23.5 Å². The Labute approximate surface area is 467 Å². The molecule has 0 spiro atoms. The lowest BCUT2D eigenvalue weighted by molar-refractivity contribution is -0.137. The predicted octanol–water partition coefficient (Wildman–Crippen LogP) is 8.26. The van der Waals surface area contributed by atoms with E-state index >= 15 is 0 Å². The lowest BCUT2D eigenvalue weighted by Crippen LogP contribution is -2.46. The number of nitrogens with two attached hydrogens (primary N) is 1. The fourth-order valence-corrected chi connectivity index (χ4v) is 11.1. The highest BCUT2D eigenvalue weighted by atomic mass is 32.2. The van der Waals surface area contributed by atoms with E-state index in [-0.39, 0.29) is 41.6 Å². The molecule has 0 aliphatic carbocycles. The molecule has 79 heavy (non-hydrogen) atoms. The molecular formula is C51H82N7O17P3S. The van der Waals surface area contributed by atoms with Crippen molar-refractivity contribution in [1.29, 1.82) is 0 Å². The SMILES string of the molecule is CC/C=C\C/C=C\C/C=C\C/C=C\C/C=C\C/C=C\CCCCCCCCCCC(=O)SCCNC(=O)CCNC(=O)[C@H](O)C(C)(C)COP(=O)(O)OP(=O)(O)OC[C@H]1O[C@@H](n2cnc3c(N)ncnc32)[C@H](O)[C@@H]1OP(=O)(O)O. The fourth-order valence-electron chi connectivity index (χ4n) is 7.60. The number of rotatable bonds is 41. The van der Waals surface area contributed by atoms with E-state index in [9.17, 15) is 57.9 Å². The molecule has 10 N–H and O–H groups in total. The number of aliphatic hydroxyl groups excluding tert-OH is 2. The summed E-state index contributed by atoms with van der Waals surface area (Å²) >= 11 is 1.15. The molecule has 0 saturated carbocycles. The van der Waals surface area contributed by atoms with Crippen LogP contribution in [0, 0.1) is 5.41 Å². The number of hydrogen-bond donors (Lipinski definition) is 9. The Morgan fingerprint density at radius 2 is 1.33 bits per heavy atom. The van der Waals surface area contributed by atoms with Gasteiger partial charge in [-0.15, -0.1) is 0 Å². The van der Waals surface area contributed by atoms with Crippen LogP contribution in [-0.4, -0.2) is 123 Å². The molecule has 1 aliphatic heterocycles. The van der Waals surface area contributed by atoms with Crippen LogP contribution >= 0.6 is 35.2 Å². The van der Waals surface area contributed by atoms with Crippen molar-refractivity contribution in [2.24, 2.45) is 5.41 Å². The minimum atomic E-state index is -5.58. The van der Waals surface area contributed by atoms with Gasteiger partial charge < -0.3 is 50.9 Å². The third-order valence-corrected chi connectivity index (χ3v) is 15.9. The number of nitrogens with zero attached hydrogens (tertiary/aromatic N) is 4. The number of amides is 2. The number of allylic oxidation sites excluding steroid dienone is 12. The predicted molar refractivity (Wildman–Crippen MR) is 301 cm³/mol. The molecule has 2 aromatic heterocycles. The van der Waals surface area contributed by atoms with Crippen molar-refractivity contribution in [3.63, 3.8) is 0 Å². The van der Waals surface area contributed by atoms with Gasteiger partial charge in [0.25, 0.3) is 0 Å².